The number of methoxy groups -OCH3 is 1. The van der Waals surface area contributed by atoms with E-state index in [1.165, 1.54) is 13.2 Å². The third kappa shape index (κ3) is 5.50. The number of ether oxygens (including phenoxy) is 2. The summed E-state index contributed by atoms with van der Waals surface area (Å²) < 4.78 is 24.0. The fourth-order valence-electron chi connectivity index (χ4n) is 2.53. The van der Waals surface area contributed by atoms with Crippen molar-refractivity contribution in [3.63, 3.8) is 0 Å². The maximum absolute atomic E-state index is 13.7. The molecule has 8 heteroatoms. The quantitative estimate of drug-likeness (QED) is 0.655. The highest BCUT2D eigenvalue weighted by Crippen LogP contribution is 2.18. The lowest BCUT2D eigenvalue weighted by Gasteiger charge is -2.36. The summed E-state index contributed by atoms with van der Waals surface area (Å²) >= 11 is 0. The number of carbonyl (C=O) groups is 1. The van der Waals surface area contributed by atoms with Gasteiger partial charge in [0.15, 0.2) is 17.5 Å². The van der Waals surface area contributed by atoms with Gasteiger partial charge in [0.2, 0.25) is 0 Å². The Labute approximate surface area is 153 Å². The Bertz CT molecular complexity index is 665. The molecule has 2 rings (SSSR count). The minimum absolute atomic E-state index is 0.198. The van der Waals surface area contributed by atoms with Gasteiger partial charge < -0.3 is 25.0 Å². The smallest absolute Gasteiger partial charge is 0.410 e. The number of piperazine rings is 1. The topological polar surface area (TPSA) is 80.4 Å². The second-order valence-electron chi connectivity index (χ2n) is 7.10. The number of hydrogen-bond acceptors (Lipinski definition) is 4. The number of guanidine groups is 1. The van der Waals surface area contributed by atoms with E-state index in [0.717, 1.165) is 0 Å². The van der Waals surface area contributed by atoms with E-state index in [-0.39, 0.29) is 18.4 Å². The highest BCUT2D eigenvalue weighted by Gasteiger charge is 2.26. The Morgan fingerprint density at radius 3 is 2.38 bits per heavy atom. The lowest BCUT2D eigenvalue weighted by molar-refractivity contribution is 0.0186. The van der Waals surface area contributed by atoms with Crippen LogP contribution in [0.15, 0.2) is 23.2 Å². The van der Waals surface area contributed by atoms with Crippen LogP contribution in [0.5, 0.6) is 5.75 Å². The van der Waals surface area contributed by atoms with Gasteiger partial charge in [-0.3, -0.25) is 0 Å². The van der Waals surface area contributed by atoms with Gasteiger partial charge in [-0.1, -0.05) is 6.07 Å². The van der Waals surface area contributed by atoms with Gasteiger partial charge in [0, 0.05) is 26.2 Å². The molecule has 1 fully saturated rings. The molecule has 7 nitrogen and oxygen atoms in total. The van der Waals surface area contributed by atoms with Gasteiger partial charge in [0.25, 0.3) is 0 Å². The van der Waals surface area contributed by atoms with Gasteiger partial charge >= 0.3 is 6.09 Å². The Morgan fingerprint density at radius 1 is 1.23 bits per heavy atom. The summed E-state index contributed by atoms with van der Waals surface area (Å²) in [6, 6.07) is 4.70. The summed E-state index contributed by atoms with van der Waals surface area (Å²) in [5.74, 6) is 0.152. The largest absolute Gasteiger partial charge is 0.494 e. The highest BCUT2D eigenvalue weighted by molar-refractivity contribution is 5.78. The Morgan fingerprint density at radius 2 is 1.85 bits per heavy atom. The zero-order valence-corrected chi connectivity index (χ0v) is 15.8. The van der Waals surface area contributed by atoms with Gasteiger partial charge in [-0.2, -0.15) is 0 Å². The molecule has 0 atom stereocenters. The predicted octanol–water partition coefficient (Wildman–Crippen LogP) is 2.20. The summed E-state index contributed by atoms with van der Waals surface area (Å²) in [5, 5.41) is 0. The normalized spacial score (nSPS) is 15.8. The Kier molecular flexibility index (Phi) is 6.28. The maximum atomic E-state index is 13.7. The molecule has 1 aliphatic rings. The Balaban J connectivity index is 1.87. The molecule has 0 spiro atoms. The number of aliphatic imine (C=N–C) groups is 1. The molecule has 1 saturated heterocycles. The first-order valence-electron chi connectivity index (χ1n) is 8.55. The van der Waals surface area contributed by atoms with Gasteiger partial charge in [-0.05, 0) is 38.5 Å². The highest BCUT2D eigenvalue weighted by atomic mass is 19.1. The van der Waals surface area contributed by atoms with Crippen molar-refractivity contribution in [1.29, 1.82) is 0 Å². The first kappa shape index (κ1) is 19.8. The van der Waals surface area contributed by atoms with Gasteiger partial charge in [-0.25, -0.2) is 14.2 Å². The molecule has 1 aliphatic heterocycles. The van der Waals surface area contributed by atoms with Gasteiger partial charge in [0.05, 0.1) is 13.7 Å². The molecule has 1 aromatic rings. The lowest BCUT2D eigenvalue weighted by atomic mass is 10.2. The van der Waals surface area contributed by atoms with Crippen molar-refractivity contribution < 1.29 is 18.7 Å². The molecule has 0 unspecified atom stereocenters. The number of amides is 1. The van der Waals surface area contributed by atoms with Crippen LogP contribution < -0.4 is 10.5 Å². The van der Waals surface area contributed by atoms with Crippen LogP contribution in [0, 0.1) is 5.82 Å². The fourth-order valence-corrected chi connectivity index (χ4v) is 2.53. The molecule has 0 radical (unpaired) electrons. The lowest BCUT2D eigenvalue weighted by Crippen LogP contribution is -2.53. The molecular formula is C18H27FN4O3. The van der Waals surface area contributed by atoms with Crippen molar-refractivity contribution >= 4 is 12.1 Å². The number of nitrogens with two attached hydrogens (primary N) is 1. The summed E-state index contributed by atoms with van der Waals surface area (Å²) in [5.41, 5.74) is 6.23. The summed E-state index contributed by atoms with van der Waals surface area (Å²) in [7, 11) is 1.42. The van der Waals surface area contributed by atoms with E-state index < -0.39 is 11.4 Å². The average Bonchev–Trinajstić information content (AvgIpc) is 2.58. The second-order valence-corrected chi connectivity index (χ2v) is 7.10. The monoisotopic (exact) mass is 366 g/mol. The fraction of sp³-hybridized carbons (Fsp3) is 0.556. The average molecular weight is 366 g/mol. The number of rotatable bonds is 3. The van der Waals surface area contributed by atoms with Crippen molar-refractivity contribution in [2.45, 2.75) is 32.9 Å². The van der Waals surface area contributed by atoms with Crippen LogP contribution >= 0.6 is 0 Å². The predicted molar refractivity (Wildman–Crippen MR) is 97.7 cm³/mol. The second kappa shape index (κ2) is 8.25. The minimum Gasteiger partial charge on any atom is -0.494 e. The van der Waals surface area contributed by atoms with E-state index in [1.54, 1.807) is 17.0 Å². The third-order valence-corrected chi connectivity index (χ3v) is 3.90. The SMILES string of the molecule is COc1ccc(CN=C(N)N2CCN(C(=O)OC(C)(C)C)CC2)cc1F. The number of benzene rings is 1. The molecule has 1 aromatic carbocycles. The van der Waals surface area contributed by atoms with E-state index in [1.807, 2.05) is 25.7 Å². The van der Waals surface area contributed by atoms with E-state index in [2.05, 4.69) is 4.99 Å². The van der Waals surface area contributed by atoms with E-state index in [4.69, 9.17) is 15.2 Å². The number of hydrogen-bond donors (Lipinski definition) is 1. The van der Waals surface area contributed by atoms with Crippen LogP contribution in [0.3, 0.4) is 0 Å². The van der Waals surface area contributed by atoms with Crippen molar-refractivity contribution in [3.8, 4) is 5.75 Å². The first-order valence-corrected chi connectivity index (χ1v) is 8.55. The molecule has 0 saturated carbocycles. The molecule has 1 heterocycles. The van der Waals surface area contributed by atoms with Crippen LogP contribution in [0.25, 0.3) is 0 Å². The van der Waals surface area contributed by atoms with Crippen molar-refractivity contribution in [3.05, 3.63) is 29.6 Å². The first-order chi connectivity index (χ1) is 12.2. The molecule has 26 heavy (non-hydrogen) atoms. The van der Waals surface area contributed by atoms with Gasteiger partial charge in [0.1, 0.15) is 5.60 Å². The molecule has 0 aliphatic carbocycles. The number of nitrogens with zero attached hydrogens (tertiary/aromatic N) is 3. The molecule has 2 N–H and O–H groups in total. The van der Waals surface area contributed by atoms with Gasteiger partial charge in [-0.15, -0.1) is 0 Å². The molecule has 1 amide bonds. The zero-order chi connectivity index (χ0) is 19.3. The minimum atomic E-state index is -0.512. The van der Waals surface area contributed by atoms with Crippen molar-refractivity contribution in [1.82, 2.24) is 9.80 Å². The van der Waals surface area contributed by atoms with E-state index >= 15 is 0 Å². The van der Waals surface area contributed by atoms with Crippen molar-refractivity contribution in [2.24, 2.45) is 10.7 Å². The molecule has 0 aromatic heterocycles. The zero-order valence-electron chi connectivity index (χ0n) is 15.8. The van der Waals surface area contributed by atoms with E-state index in [9.17, 15) is 9.18 Å². The summed E-state index contributed by atoms with van der Waals surface area (Å²) in [6.07, 6.45) is -0.318. The molecular weight excluding hydrogens is 339 g/mol. The molecule has 0 bridgehead atoms. The Hall–Kier alpha value is -2.51. The van der Waals surface area contributed by atoms with Crippen LogP contribution in [0.1, 0.15) is 26.3 Å². The number of halogens is 1. The van der Waals surface area contributed by atoms with Crippen LogP contribution in [-0.4, -0.2) is 60.7 Å². The maximum Gasteiger partial charge on any atom is 0.410 e. The number of carbonyl (C=O) groups excluding carboxylic acids is 1. The molecule has 144 valence electrons. The van der Waals surface area contributed by atoms with E-state index in [0.29, 0.717) is 37.7 Å². The van der Waals surface area contributed by atoms with Crippen molar-refractivity contribution in [2.75, 3.05) is 33.3 Å². The van der Waals surface area contributed by atoms with Crippen LogP contribution in [0.2, 0.25) is 0 Å². The van der Waals surface area contributed by atoms with Crippen LogP contribution in [0.4, 0.5) is 9.18 Å². The summed E-state index contributed by atoms with van der Waals surface area (Å²) in [6.45, 7) is 7.98. The standard InChI is InChI=1S/C18H27FN4O3/c1-18(2,3)26-17(24)23-9-7-22(8-10-23)16(20)21-12-13-5-6-15(25-4)14(19)11-13/h5-6,11H,7-10,12H2,1-4H3,(H2,20,21). The summed E-state index contributed by atoms with van der Waals surface area (Å²) in [4.78, 5) is 19.9. The van der Waals surface area contributed by atoms with Crippen LogP contribution in [-0.2, 0) is 11.3 Å². The third-order valence-electron chi connectivity index (χ3n) is 3.90.